The second-order valence-corrected chi connectivity index (χ2v) is 4.17. The number of alkyl halides is 3. The first-order chi connectivity index (χ1) is 10.2. The fraction of sp³-hybridized carbons (Fsp3) is 0.182. The molecule has 0 fully saturated rings. The third kappa shape index (κ3) is 3.02. The SMILES string of the molecule is Cc1c(C(=O)Nc2n[nH]c(C(F)(F)F)n2)cccc1[N+](=O)[O-]. The molecule has 8 nitrogen and oxygen atoms in total. The van der Waals surface area contributed by atoms with E-state index < -0.39 is 28.8 Å². The Morgan fingerprint density at radius 2 is 2.09 bits per heavy atom. The lowest BCUT2D eigenvalue weighted by Crippen LogP contribution is -2.15. The van der Waals surface area contributed by atoms with Crippen molar-refractivity contribution >= 4 is 17.5 Å². The Bertz CT molecular complexity index is 741. The van der Waals surface area contributed by atoms with E-state index in [1.807, 2.05) is 5.32 Å². The number of anilines is 1. The molecule has 0 aliphatic heterocycles. The molecule has 0 bridgehead atoms. The Kier molecular flexibility index (Phi) is 3.80. The first-order valence-electron chi connectivity index (χ1n) is 5.75. The minimum Gasteiger partial charge on any atom is -0.289 e. The lowest BCUT2D eigenvalue weighted by molar-refractivity contribution is -0.385. The van der Waals surface area contributed by atoms with Crippen LogP contribution >= 0.6 is 0 Å². The number of nitrogens with one attached hydrogen (secondary N) is 2. The van der Waals surface area contributed by atoms with E-state index in [9.17, 15) is 28.1 Å². The van der Waals surface area contributed by atoms with Gasteiger partial charge in [0.25, 0.3) is 11.6 Å². The maximum Gasteiger partial charge on any atom is 0.451 e. The van der Waals surface area contributed by atoms with E-state index in [1.54, 1.807) is 5.10 Å². The van der Waals surface area contributed by atoms with Gasteiger partial charge in [0.1, 0.15) is 0 Å². The molecule has 2 aromatic rings. The van der Waals surface area contributed by atoms with Crippen LogP contribution in [0.2, 0.25) is 0 Å². The molecule has 0 saturated carbocycles. The average Bonchev–Trinajstić information content (AvgIpc) is 2.86. The minimum absolute atomic E-state index is 0.0624. The van der Waals surface area contributed by atoms with E-state index in [-0.39, 0.29) is 16.8 Å². The normalized spacial score (nSPS) is 11.3. The molecule has 1 aromatic heterocycles. The number of nitro groups is 1. The summed E-state index contributed by atoms with van der Waals surface area (Å²) in [6.07, 6.45) is -4.72. The molecule has 0 aliphatic rings. The largest absolute Gasteiger partial charge is 0.451 e. The summed E-state index contributed by atoms with van der Waals surface area (Å²) in [5.41, 5.74) is -0.261. The van der Waals surface area contributed by atoms with Crippen LogP contribution in [0.5, 0.6) is 0 Å². The first kappa shape index (κ1) is 15.4. The highest BCUT2D eigenvalue weighted by molar-refractivity contribution is 6.04. The van der Waals surface area contributed by atoms with E-state index >= 15 is 0 Å². The lowest BCUT2D eigenvalue weighted by Gasteiger charge is -2.05. The molecule has 0 atom stereocenters. The summed E-state index contributed by atoms with van der Waals surface area (Å²) < 4.78 is 37.0. The number of benzene rings is 1. The van der Waals surface area contributed by atoms with Gasteiger partial charge in [-0.1, -0.05) is 6.07 Å². The quantitative estimate of drug-likeness (QED) is 0.666. The number of aromatic amines is 1. The Morgan fingerprint density at radius 3 is 2.64 bits per heavy atom. The van der Waals surface area contributed by atoms with Crippen molar-refractivity contribution in [2.75, 3.05) is 5.32 Å². The van der Waals surface area contributed by atoms with Crippen LogP contribution in [-0.2, 0) is 6.18 Å². The van der Waals surface area contributed by atoms with Crippen molar-refractivity contribution in [1.29, 1.82) is 0 Å². The van der Waals surface area contributed by atoms with Crippen LogP contribution in [0.4, 0.5) is 24.8 Å². The molecule has 0 aliphatic carbocycles. The molecule has 22 heavy (non-hydrogen) atoms. The van der Waals surface area contributed by atoms with Crippen molar-refractivity contribution in [2.45, 2.75) is 13.1 Å². The average molecular weight is 315 g/mol. The zero-order chi connectivity index (χ0) is 16.5. The molecule has 11 heteroatoms. The number of aromatic nitrogens is 3. The summed E-state index contributed by atoms with van der Waals surface area (Å²) in [4.78, 5) is 25.2. The van der Waals surface area contributed by atoms with Gasteiger partial charge in [-0.2, -0.15) is 18.2 Å². The summed E-state index contributed by atoms with van der Waals surface area (Å²) >= 11 is 0. The highest BCUT2D eigenvalue weighted by atomic mass is 19.4. The Balaban J connectivity index is 2.25. The first-order valence-corrected chi connectivity index (χ1v) is 5.75. The van der Waals surface area contributed by atoms with Gasteiger partial charge in [-0.15, -0.1) is 5.10 Å². The molecule has 2 N–H and O–H groups in total. The maximum atomic E-state index is 12.3. The van der Waals surface area contributed by atoms with Gasteiger partial charge >= 0.3 is 6.18 Å². The number of halogens is 3. The summed E-state index contributed by atoms with van der Waals surface area (Å²) in [6.45, 7) is 1.35. The van der Waals surface area contributed by atoms with Gasteiger partial charge in [-0.05, 0) is 13.0 Å². The number of amides is 1. The summed E-state index contributed by atoms with van der Waals surface area (Å²) in [6, 6.07) is 3.80. The molecule has 0 spiro atoms. The highest BCUT2D eigenvalue weighted by Crippen LogP contribution is 2.26. The van der Waals surface area contributed by atoms with Gasteiger partial charge in [-0.25, -0.2) is 0 Å². The third-order valence-electron chi connectivity index (χ3n) is 2.73. The standard InChI is InChI=1S/C11H8F3N5O3/c1-5-6(3-2-4-7(5)19(21)22)8(20)15-10-16-9(17-18-10)11(12,13)14/h2-4H,1H3,(H2,15,16,17,18,20). The van der Waals surface area contributed by atoms with Gasteiger partial charge in [0.15, 0.2) is 0 Å². The number of nitro benzene ring substituents is 1. The second kappa shape index (κ2) is 5.42. The molecule has 116 valence electrons. The molecule has 0 radical (unpaired) electrons. The van der Waals surface area contributed by atoms with Crippen LogP contribution in [0.3, 0.4) is 0 Å². The number of carbonyl (C=O) groups is 1. The number of nitrogens with zero attached hydrogens (tertiary/aromatic N) is 3. The van der Waals surface area contributed by atoms with Gasteiger partial charge < -0.3 is 0 Å². The predicted molar refractivity (Wildman–Crippen MR) is 67.2 cm³/mol. The lowest BCUT2D eigenvalue weighted by atomic mass is 10.1. The van der Waals surface area contributed by atoms with Gasteiger partial charge in [-0.3, -0.25) is 25.3 Å². The van der Waals surface area contributed by atoms with Crippen molar-refractivity contribution in [2.24, 2.45) is 0 Å². The molecule has 2 rings (SSSR count). The van der Waals surface area contributed by atoms with Crippen molar-refractivity contribution in [1.82, 2.24) is 15.2 Å². The molecule has 0 unspecified atom stereocenters. The molecule has 1 heterocycles. The Labute approximate surface area is 120 Å². The molecule has 0 saturated heterocycles. The number of rotatable bonds is 3. The summed E-state index contributed by atoms with van der Waals surface area (Å²) in [5.74, 6) is -2.80. The van der Waals surface area contributed by atoms with Crippen molar-refractivity contribution in [3.63, 3.8) is 0 Å². The summed E-state index contributed by atoms with van der Waals surface area (Å²) in [7, 11) is 0. The fourth-order valence-corrected chi connectivity index (χ4v) is 1.68. The minimum atomic E-state index is -4.72. The highest BCUT2D eigenvalue weighted by Gasteiger charge is 2.35. The maximum absolute atomic E-state index is 12.3. The van der Waals surface area contributed by atoms with E-state index in [2.05, 4.69) is 10.1 Å². The number of carbonyl (C=O) groups excluding carboxylic acids is 1. The summed E-state index contributed by atoms with van der Waals surface area (Å²) in [5, 5.41) is 17.7. The number of H-pyrrole nitrogens is 1. The fourth-order valence-electron chi connectivity index (χ4n) is 1.68. The Hall–Kier alpha value is -2.98. The number of hydrogen-bond donors (Lipinski definition) is 2. The second-order valence-electron chi connectivity index (χ2n) is 4.17. The molecule has 1 amide bonds. The van der Waals surface area contributed by atoms with Crippen LogP contribution in [0.25, 0.3) is 0 Å². The van der Waals surface area contributed by atoms with Crippen molar-refractivity contribution in [3.05, 3.63) is 45.3 Å². The van der Waals surface area contributed by atoms with Gasteiger partial charge in [0, 0.05) is 17.2 Å². The van der Waals surface area contributed by atoms with Crippen LogP contribution in [0.15, 0.2) is 18.2 Å². The van der Waals surface area contributed by atoms with Gasteiger partial charge in [0.2, 0.25) is 11.8 Å². The predicted octanol–water partition coefficient (Wildman–Crippen LogP) is 2.29. The van der Waals surface area contributed by atoms with Crippen LogP contribution in [-0.4, -0.2) is 26.0 Å². The van der Waals surface area contributed by atoms with Gasteiger partial charge in [0.05, 0.1) is 4.92 Å². The third-order valence-corrected chi connectivity index (χ3v) is 2.73. The Morgan fingerprint density at radius 1 is 1.41 bits per heavy atom. The van der Waals surface area contributed by atoms with Crippen molar-refractivity contribution in [3.8, 4) is 0 Å². The van der Waals surface area contributed by atoms with Crippen LogP contribution in [0.1, 0.15) is 21.7 Å². The zero-order valence-corrected chi connectivity index (χ0v) is 10.9. The molecular weight excluding hydrogens is 307 g/mol. The number of hydrogen-bond acceptors (Lipinski definition) is 5. The van der Waals surface area contributed by atoms with Crippen LogP contribution < -0.4 is 5.32 Å². The van der Waals surface area contributed by atoms with E-state index in [1.165, 1.54) is 25.1 Å². The molecular formula is C11H8F3N5O3. The zero-order valence-electron chi connectivity index (χ0n) is 10.9. The molecule has 1 aromatic carbocycles. The topological polar surface area (TPSA) is 114 Å². The van der Waals surface area contributed by atoms with E-state index in [0.717, 1.165) is 0 Å². The van der Waals surface area contributed by atoms with Crippen molar-refractivity contribution < 1.29 is 22.9 Å². The smallest absolute Gasteiger partial charge is 0.289 e. The van der Waals surface area contributed by atoms with E-state index in [0.29, 0.717) is 0 Å². The van der Waals surface area contributed by atoms with Crippen LogP contribution in [0, 0.1) is 17.0 Å². The van der Waals surface area contributed by atoms with E-state index in [4.69, 9.17) is 0 Å². The monoisotopic (exact) mass is 315 g/mol.